The topological polar surface area (TPSA) is 64.9 Å². The Morgan fingerprint density at radius 3 is 2.69 bits per heavy atom. The van der Waals surface area contributed by atoms with Gasteiger partial charge in [0.25, 0.3) is 0 Å². The largest absolute Gasteiger partial charge is 0.338 e. The quantitative estimate of drug-likeness (QED) is 0.852. The van der Waals surface area contributed by atoms with Crippen LogP contribution in [0.4, 0.5) is 0 Å². The standard InChI is InChI=1S/C12H21N3O/c1-5-7(2)9(13)11-14-10(15-16-11)8-6-12(8,3)4/h7-9H,5-6,13H2,1-4H3/t7?,8?,9-/m0/s1. The molecule has 1 aromatic heterocycles. The Morgan fingerprint density at radius 1 is 1.56 bits per heavy atom. The van der Waals surface area contributed by atoms with E-state index in [0.717, 1.165) is 18.7 Å². The minimum absolute atomic E-state index is 0.131. The van der Waals surface area contributed by atoms with Gasteiger partial charge in [-0.15, -0.1) is 0 Å². The monoisotopic (exact) mass is 223 g/mol. The Labute approximate surface area is 96.6 Å². The first-order chi connectivity index (χ1) is 7.45. The Balaban J connectivity index is 2.08. The lowest BCUT2D eigenvalue weighted by atomic mass is 10.0. The molecule has 0 aliphatic heterocycles. The van der Waals surface area contributed by atoms with Gasteiger partial charge in [0.15, 0.2) is 5.82 Å². The molecule has 1 fully saturated rings. The van der Waals surface area contributed by atoms with Crippen LogP contribution in [0, 0.1) is 11.3 Å². The van der Waals surface area contributed by atoms with Gasteiger partial charge < -0.3 is 10.3 Å². The molecule has 3 atom stereocenters. The SMILES string of the molecule is CCC(C)[C@H](N)c1nc(C2CC2(C)C)no1. The number of nitrogens with two attached hydrogens (primary N) is 1. The maximum absolute atomic E-state index is 6.05. The molecule has 16 heavy (non-hydrogen) atoms. The fourth-order valence-electron chi connectivity index (χ4n) is 1.93. The van der Waals surface area contributed by atoms with Crippen molar-refractivity contribution in [3.8, 4) is 0 Å². The molecule has 0 bridgehead atoms. The molecule has 0 amide bonds. The molecule has 0 saturated heterocycles. The van der Waals surface area contributed by atoms with Crippen LogP contribution in [0.25, 0.3) is 0 Å². The van der Waals surface area contributed by atoms with Crippen LogP contribution in [0.3, 0.4) is 0 Å². The van der Waals surface area contributed by atoms with Gasteiger partial charge in [-0.3, -0.25) is 0 Å². The van der Waals surface area contributed by atoms with Crippen molar-refractivity contribution in [1.82, 2.24) is 10.1 Å². The van der Waals surface area contributed by atoms with Crippen molar-refractivity contribution in [3.63, 3.8) is 0 Å². The minimum atomic E-state index is -0.131. The lowest BCUT2D eigenvalue weighted by Crippen LogP contribution is -2.18. The van der Waals surface area contributed by atoms with Crippen LogP contribution in [-0.4, -0.2) is 10.1 Å². The average molecular weight is 223 g/mol. The summed E-state index contributed by atoms with van der Waals surface area (Å²) < 4.78 is 5.26. The van der Waals surface area contributed by atoms with E-state index >= 15 is 0 Å². The highest BCUT2D eigenvalue weighted by Gasteiger charge is 2.49. The summed E-state index contributed by atoms with van der Waals surface area (Å²) in [6, 6.07) is -0.131. The van der Waals surface area contributed by atoms with Crippen LogP contribution in [0.5, 0.6) is 0 Å². The lowest BCUT2D eigenvalue weighted by Gasteiger charge is -2.12. The Hall–Kier alpha value is -0.900. The van der Waals surface area contributed by atoms with Crippen molar-refractivity contribution in [2.75, 3.05) is 0 Å². The molecule has 2 unspecified atom stereocenters. The Kier molecular flexibility index (Phi) is 2.78. The fourth-order valence-corrected chi connectivity index (χ4v) is 1.93. The van der Waals surface area contributed by atoms with Gasteiger partial charge in [-0.1, -0.05) is 39.3 Å². The molecule has 4 nitrogen and oxygen atoms in total. The molecule has 1 saturated carbocycles. The summed E-state index contributed by atoms with van der Waals surface area (Å²) in [5, 5.41) is 4.05. The summed E-state index contributed by atoms with van der Waals surface area (Å²) >= 11 is 0. The van der Waals surface area contributed by atoms with E-state index in [2.05, 4.69) is 37.8 Å². The summed E-state index contributed by atoms with van der Waals surface area (Å²) in [6.07, 6.45) is 2.17. The number of hydrogen-bond donors (Lipinski definition) is 1. The first-order valence-electron chi connectivity index (χ1n) is 6.04. The van der Waals surface area contributed by atoms with Crippen molar-refractivity contribution in [2.45, 2.75) is 52.5 Å². The molecule has 0 radical (unpaired) electrons. The van der Waals surface area contributed by atoms with Gasteiger partial charge in [-0.2, -0.15) is 4.98 Å². The third kappa shape index (κ3) is 1.98. The zero-order valence-electron chi connectivity index (χ0n) is 10.5. The number of nitrogens with zero attached hydrogens (tertiary/aromatic N) is 2. The molecule has 4 heteroatoms. The molecular formula is C12H21N3O. The Morgan fingerprint density at radius 2 is 2.19 bits per heavy atom. The number of rotatable bonds is 4. The van der Waals surface area contributed by atoms with Gasteiger partial charge in [-0.05, 0) is 17.8 Å². The second kappa shape index (κ2) is 3.84. The number of aromatic nitrogens is 2. The highest BCUT2D eigenvalue weighted by Crippen LogP contribution is 2.57. The smallest absolute Gasteiger partial charge is 0.243 e. The fraction of sp³-hybridized carbons (Fsp3) is 0.833. The van der Waals surface area contributed by atoms with E-state index in [1.165, 1.54) is 0 Å². The van der Waals surface area contributed by atoms with Crippen molar-refractivity contribution in [2.24, 2.45) is 17.1 Å². The van der Waals surface area contributed by atoms with Crippen molar-refractivity contribution < 1.29 is 4.52 Å². The molecule has 90 valence electrons. The van der Waals surface area contributed by atoms with Gasteiger partial charge in [0.2, 0.25) is 5.89 Å². The summed E-state index contributed by atoms with van der Waals surface area (Å²) in [5.74, 6) is 2.25. The molecule has 1 aromatic rings. The highest BCUT2D eigenvalue weighted by atomic mass is 16.5. The molecule has 2 rings (SSSR count). The zero-order chi connectivity index (χ0) is 11.9. The first-order valence-corrected chi connectivity index (χ1v) is 6.04. The summed E-state index contributed by atoms with van der Waals surface area (Å²) in [6.45, 7) is 8.67. The molecule has 2 N–H and O–H groups in total. The molecule has 0 aromatic carbocycles. The molecule has 0 spiro atoms. The second-order valence-electron chi connectivity index (χ2n) is 5.65. The average Bonchev–Trinajstić information content (AvgIpc) is 2.68. The van der Waals surface area contributed by atoms with Crippen LogP contribution < -0.4 is 5.73 Å². The molecule has 1 aliphatic rings. The van der Waals surface area contributed by atoms with Gasteiger partial charge in [-0.25, -0.2) is 0 Å². The van der Waals surface area contributed by atoms with Gasteiger partial charge in [0, 0.05) is 5.92 Å². The van der Waals surface area contributed by atoms with Crippen LogP contribution >= 0.6 is 0 Å². The molecular weight excluding hydrogens is 202 g/mol. The maximum atomic E-state index is 6.05. The zero-order valence-corrected chi connectivity index (χ0v) is 10.5. The molecule has 1 heterocycles. The maximum Gasteiger partial charge on any atom is 0.243 e. The molecule has 1 aliphatic carbocycles. The van der Waals surface area contributed by atoms with Crippen molar-refractivity contribution in [3.05, 3.63) is 11.7 Å². The van der Waals surface area contributed by atoms with E-state index < -0.39 is 0 Å². The van der Waals surface area contributed by atoms with Crippen LogP contribution in [-0.2, 0) is 0 Å². The third-order valence-corrected chi connectivity index (χ3v) is 3.82. The summed E-state index contributed by atoms with van der Waals surface area (Å²) in [5.41, 5.74) is 6.39. The van der Waals surface area contributed by atoms with E-state index in [9.17, 15) is 0 Å². The van der Waals surface area contributed by atoms with Crippen molar-refractivity contribution >= 4 is 0 Å². The summed E-state index contributed by atoms with van der Waals surface area (Å²) in [4.78, 5) is 4.43. The predicted molar refractivity (Wildman–Crippen MR) is 61.8 cm³/mol. The minimum Gasteiger partial charge on any atom is -0.338 e. The van der Waals surface area contributed by atoms with E-state index in [4.69, 9.17) is 10.3 Å². The second-order valence-corrected chi connectivity index (χ2v) is 5.65. The van der Waals surface area contributed by atoms with E-state index in [1.54, 1.807) is 0 Å². The lowest BCUT2D eigenvalue weighted by molar-refractivity contribution is 0.310. The van der Waals surface area contributed by atoms with Crippen LogP contribution in [0.15, 0.2) is 4.52 Å². The van der Waals surface area contributed by atoms with E-state index in [-0.39, 0.29) is 6.04 Å². The summed E-state index contributed by atoms with van der Waals surface area (Å²) in [7, 11) is 0. The Bertz CT molecular complexity index is 372. The third-order valence-electron chi connectivity index (χ3n) is 3.82. The van der Waals surface area contributed by atoms with Crippen molar-refractivity contribution in [1.29, 1.82) is 0 Å². The van der Waals surface area contributed by atoms with Crippen LogP contribution in [0.2, 0.25) is 0 Å². The van der Waals surface area contributed by atoms with Crippen LogP contribution in [0.1, 0.15) is 64.2 Å². The van der Waals surface area contributed by atoms with Gasteiger partial charge >= 0.3 is 0 Å². The highest BCUT2D eigenvalue weighted by molar-refractivity contribution is 5.14. The predicted octanol–water partition coefficient (Wildman–Crippen LogP) is 2.63. The van der Waals surface area contributed by atoms with Gasteiger partial charge in [0.1, 0.15) is 0 Å². The first kappa shape index (κ1) is 11.6. The van der Waals surface area contributed by atoms with E-state index in [0.29, 0.717) is 23.1 Å². The van der Waals surface area contributed by atoms with Gasteiger partial charge in [0.05, 0.1) is 6.04 Å². The van der Waals surface area contributed by atoms with E-state index in [1.807, 2.05) is 0 Å². The normalized spacial score (nSPS) is 26.4. The number of hydrogen-bond acceptors (Lipinski definition) is 4.